The Morgan fingerprint density at radius 2 is 2.04 bits per heavy atom. The van der Waals surface area contributed by atoms with Crippen LogP contribution >= 0.6 is 23.4 Å². The van der Waals surface area contributed by atoms with Crippen LogP contribution < -0.4 is 5.32 Å². The van der Waals surface area contributed by atoms with Gasteiger partial charge < -0.3 is 5.32 Å². The number of carbonyl (C=O) groups excluding carboxylic acids is 1. The molecule has 5 nitrogen and oxygen atoms in total. The number of rotatable bonds is 6. The zero-order valence-electron chi connectivity index (χ0n) is 13.1. The van der Waals surface area contributed by atoms with Crippen LogP contribution in [-0.4, -0.2) is 26.3 Å². The van der Waals surface area contributed by atoms with E-state index in [9.17, 15) is 4.79 Å². The summed E-state index contributed by atoms with van der Waals surface area (Å²) in [7, 11) is 0. The Morgan fingerprint density at radius 3 is 2.88 bits per heavy atom. The fourth-order valence-corrected chi connectivity index (χ4v) is 3.54. The van der Waals surface area contributed by atoms with Gasteiger partial charge in [-0.2, -0.15) is 0 Å². The molecule has 0 bridgehead atoms. The van der Waals surface area contributed by atoms with Gasteiger partial charge in [0.15, 0.2) is 11.5 Å². The molecule has 7 heteroatoms. The van der Waals surface area contributed by atoms with Gasteiger partial charge in [0.1, 0.15) is 0 Å². The number of benzene rings is 1. The van der Waals surface area contributed by atoms with Crippen LogP contribution in [-0.2, 0) is 4.79 Å². The van der Waals surface area contributed by atoms with Gasteiger partial charge in [0.25, 0.3) is 0 Å². The second-order valence-electron chi connectivity index (χ2n) is 5.31. The minimum Gasteiger partial charge on any atom is -0.346 e. The molecule has 1 aromatic carbocycles. The number of nitrogens with zero attached hydrogens (tertiary/aromatic N) is 3. The van der Waals surface area contributed by atoms with Crippen LogP contribution in [0, 0.1) is 0 Å². The molecule has 0 radical (unpaired) electrons. The summed E-state index contributed by atoms with van der Waals surface area (Å²) >= 11 is 7.68. The lowest BCUT2D eigenvalue weighted by Gasteiger charge is -2.12. The normalized spacial score (nSPS) is 12.2. The Bertz CT molecular complexity index is 851. The van der Waals surface area contributed by atoms with E-state index < -0.39 is 0 Å². The summed E-state index contributed by atoms with van der Waals surface area (Å²) in [5, 5.41) is 11.9. The fourth-order valence-electron chi connectivity index (χ4n) is 2.35. The van der Waals surface area contributed by atoms with Crippen LogP contribution in [0.1, 0.15) is 25.2 Å². The molecule has 1 unspecified atom stereocenters. The molecule has 0 aliphatic rings. The molecule has 24 heavy (non-hydrogen) atoms. The molecule has 0 aliphatic carbocycles. The second kappa shape index (κ2) is 7.68. The number of aromatic nitrogens is 3. The lowest BCUT2D eigenvalue weighted by Crippen LogP contribution is -2.28. The first-order chi connectivity index (χ1) is 11.6. The summed E-state index contributed by atoms with van der Waals surface area (Å²) in [6, 6.07) is 13.1. The summed E-state index contributed by atoms with van der Waals surface area (Å²) in [5.74, 6) is 1.37. The van der Waals surface area contributed by atoms with E-state index in [-0.39, 0.29) is 11.9 Å². The largest absolute Gasteiger partial charge is 0.346 e. The molecule has 0 spiro atoms. The number of carbonyl (C=O) groups is 1. The average Bonchev–Trinajstić information content (AvgIpc) is 3.01. The Hall–Kier alpha value is -2.05. The molecular formula is C17H17ClN4OS. The summed E-state index contributed by atoms with van der Waals surface area (Å²) < 4.78 is 1.88. The molecule has 1 N–H and O–H groups in total. The third-order valence-corrected chi connectivity index (χ3v) is 5.05. The first kappa shape index (κ1) is 16.8. The minimum atomic E-state index is -0.208. The first-order valence-electron chi connectivity index (χ1n) is 7.61. The quantitative estimate of drug-likeness (QED) is 0.680. The molecule has 124 valence electrons. The molecule has 1 atom stereocenters. The Morgan fingerprint density at radius 1 is 1.25 bits per heavy atom. The molecule has 1 amide bonds. The van der Waals surface area contributed by atoms with E-state index in [1.165, 1.54) is 0 Å². The molecular weight excluding hydrogens is 344 g/mol. The number of pyridine rings is 1. The van der Waals surface area contributed by atoms with Crippen LogP contribution in [0.5, 0.6) is 0 Å². The van der Waals surface area contributed by atoms with Gasteiger partial charge in [-0.3, -0.25) is 9.20 Å². The van der Waals surface area contributed by atoms with Gasteiger partial charge in [0, 0.05) is 23.3 Å². The lowest BCUT2D eigenvalue weighted by atomic mass is 10.3. The van der Waals surface area contributed by atoms with Crippen LogP contribution in [0.25, 0.3) is 5.65 Å². The van der Waals surface area contributed by atoms with Crippen molar-refractivity contribution >= 4 is 34.9 Å². The molecule has 0 saturated carbocycles. The van der Waals surface area contributed by atoms with Crippen molar-refractivity contribution in [3.05, 3.63) is 59.5 Å². The highest BCUT2D eigenvalue weighted by Crippen LogP contribution is 2.26. The number of fused-ring (bicyclic) bond motifs is 1. The minimum absolute atomic E-state index is 0.0188. The first-order valence-corrected chi connectivity index (χ1v) is 8.98. The number of nitrogens with one attached hydrogen (secondary N) is 1. The van der Waals surface area contributed by atoms with Crippen molar-refractivity contribution in [2.45, 2.75) is 24.3 Å². The van der Waals surface area contributed by atoms with E-state index in [1.54, 1.807) is 11.8 Å². The third kappa shape index (κ3) is 3.88. The monoisotopic (exact) mass is 360 g/mol. The Kier molecular flexibility index (Phi) is 5.37. The smallest absolute Gasteiger partial charge is 0.221 e. The van der Waals surface area contributed by atoms with E-state index in [4.69, 9.17) is 11.6 Å². The number of thioether (sulfide) groups is 1. The van der Waals surface area contributed by atoms with Gasteiger partial charge in [-0.05, 0) is 31.2 Å². The highest BCUT2D eigenvalue weighted by Gasteiger charge is 2.15. The fraction of sp³-hybridized carbons (Fsp3) is 0.235. The van der Waals surface area contributed by atoms with Gasteiger partial charge in [0.05, 0.1) is 11.1 Å². The maximum atomic E-state index is 12.1. The molecule has 0 aliphatic heterocycles. The summed E-state index contributed by atoms with van der Waals surface area (Å²) in [6.07, 6.45) is 2.30. The number of amides is 1. The Balaban J connectivity index is 1.54. The maximum absolute atomic E-state index is 12.1. The average molecular weight is 361 g/mol. The van der Waals surface area contributed by atoms with Gasteiger partial charge in [-0.25, -0.2) is 0 Å². The molecule has 0 saturated heterocycles. The maximum Gasteiger partial charge on any atom is 0.221 e. The molecule has 3 aromatic rings. The van der Waals surface area contributed by atoms with Crippen molar-refractivity contribution in [2.24, 2.45) is 0 Å². The van der Waals surface area contributed by atoms with Crippen LogP contribution in [0.2, 0.25) is 5.02 Å². The van der Waals surface area contributed by atoms with E-state index in [0.29, 0.717) is 17.2 Å². The van der Waals surface area contributed by atoms with Gasteiger partial charge in [-0.15, -0.1) is 22.0 Å². The van der Waals surface area contributed by atoms with Crippen molar-refractivity contribution in [3.8, 4) is 0 Å². The highest BCUT2D eigenvalue weighted by atomic mass is 35.5. The van der Waals surface area contributed by atoms with Gasteiger partial charge in [-0.1, -0.05) is 29.8 Å². The standard InChI is InChI=1S/C17H17ClN4OS/c1-12(17-21-20-15-8-4-5-10-22(15)17)19-16(23)9-11-24-14-7-3-2-6-13(14)18/h2-8,10,12H,9,11H2,1H3,(H,19,23). The predicted octanol–water partition coefficient (Wildman–Crippen LogP) is 3.74. The van der Waals surface area contributed by atoms with E-state index >= 15 is 0 Å². The van der Waals surface area contributed by atoms with Crippen molar-refractivity contribution in [2.75, 3.05) is 5.75 Å². The summed E-state index contributed by atoms with van der Waals surface area (Å²) in [5.41, 5.74) is 0.767. The molecule has 2 aromatic heterocycles. The zero-order valence-corrected chi connectivity index (χ0v) is 14.7. The third-order valence-electron chi connectivity index (χ3n) is 3.53. The number of hydrogen-bond donors (Lipinski definition) is 1. The summed E-state index contributed by atoms with van der Waals surface area (Å²) in [6.45, 7) is 1.91. The topological polar surface area (TPSA) is 59.3 Å². The van der Waals surface area contributed by atoms with E-state index in [1.807, 2.05) is 60.0 Å². The molecule has 3 rings (SSSR count). The lowest BCUT2D eigenvalue weighted by molar-refractivity contribution is -0.121. The van der Waals surface area contributed by atoms with Gasteiger partial charge in [0.2, 0.25) is 5.91 Å². The van der Waals surface area contributed by atoms with Crippen LogP contribution in [0.15, 0.2) is 53.6 Å². The van der Waals surface area contributed by atoms with Crippen molar-refractivity contribution in [3.63, 3.8) is 0 Å². The van der Waals surface area contributed by atoms with E-state index in [0.717, 1.165) is 16.4 Å². The van der Waals surface area contributed by atoms with E-state index in [2.05, 4.69) is 15.5 Å². The van der Waals surface area contributed by atoms with Crippen molar-refractivity contribution < 1.29 is 4.79 Å². The second-order valence-corrected chi connectivity index (χ2v) is 6.85. The predicted molar refractivity (Wildman–Crippen MR) is 96.3 cm³/mol. The van der Waals surface area contributed by atoms with Crippen LogP contribution in [0.4, 0.5) is 0 Å². The highest BCUT2D eigenvalue weighted by molar-refractivity contribution is 7.99. The van der Waals surface area contributed by atoms with Crippen molar-refractivity contribution in [1.82, 2.24) is 19.9 Å². The Labute approximate surface area is 149 Å². The number of halogens is 1. The molecule has 0 fully saturated rings. The molecule has 2 heterocycles. The van der Waals surface area contributed by atoms with Gasteiger partial charge >= 0.3 is 0 Å². The number of hydrogen-bond acceptors (Lipinski definition) is 4. The van der Waals surface area contributed by atoms with Crippen molar-refractivity contribution in [1.29, 1.82) is 0 Å². The van der Waals surface area contributed by atoms with Crippen LogP contribution in [0.3, 0.4) is 0 Å². The SMILES string of the molecule is CC(NC(=O)CCSc1ccccc1Cl)c1nnc2ccccn12. The summed E-state index contributed by atoms with van der Waals surface area (Å²) in [4.78, 5) is 13.1. The zero-order chi connectivity index (χ0) is 16.9.